The lowest BCUT2D eigenvalue weighted by Crippen LogP contribution is -2.43. The van der Waals surface area contributed by atoms with Gasteiger partial charge in [0, 0.05) is 24.7 Å². The first-order chi connectivity index (χ1) is 8.69. The highest BCUT2D eigenvalue weighted by atomic mass is 16.1. The van der Waals surface area contributed by atoms with Gasteiger partial charge in [-0.25, -0.2) is 0 Å². The smallest absolute Gasteiger partial charge is 0.251 e. The van der Waals surface area contributed by atoms with Crippen molar-refractivity contribution in [2.45, 2.75) is 25.8 Å². The Hall–Kier alpha value is -2.02. The lowest BCUT2D eigenvalue weighted by molar-refractivity contribution is 0.0921. The van der Waals surface area contributed by atoms with Crippen LogP contribution < -0.4 is 5.32 Å². The van der Waals surface area contributed by atoms with Crippen LogP contribution in [0.1, 0.15) is 28.8 Å². The van der Waals surface area contributed by atoms with Crippen LogP contribution in [-0.2, 0) is 0 Å². The average molecular weight is 243 g/mol. The molecule has 1 saturated heterocycles. The zero-order valence-corrected chi connectivity index (χ0v) is 10.5. The maximum Gasteiger partial charge on any atom is 0.251 e. The fraction of sp³-hybridized carbons (Fsp3) is 0.429. The Balaban J connectivity index is 1.91. The molecule has 0 aromatic heterocycles. The lowest BCUT2D eigenvalue weighted by atomic mass is 10.0. The van der Waals surface area contributed by atoms with Crippen LogP contribution in [-0.4, -0.2) is 29.9 Å². The van der Waals surface area contributed by atoms with Crippen molar-refractivity contribution in [2.75, 3.05) is 13.1 Å². The summed E-state index contributed by atoms with van der Waals surface area (Å²) in [6.45, 7) is 3.44. The molecule has 1 fully saturated rings. The van der Waals surface area contributed by atoms with Crippen LogP contribution in [0.25, 0.3) is 0 Å². The molecule has 1 aromatic rings. The molecule has 0 spiro atoms. The molecule has 0 unspecified atom stereocenters. The highest BCUT2D eigenvalue weighted by molar-refractivity contribution is 5.94. The molecular formula is C14H17N3O. The molecule has 0 bridgehead atoms. The van der Waals surface area contributed by atoms with Crippen molar-refractivity contribution in [3.8, 4) is 6.19 Å². The summed E-state index contributed by atoms with van der Waals surface area (Å²) in [5, 5.41) is 11.8. The lowest BCUT2D eigenvalue weighted by Gasteiger charge is -2.28. The third kappa shape index (κ3) is 3.01. The van der Waals surface area contributed by atoms with Gasteiger partial charge in [0.05, 0.1) is 0 Å². The van der Waals surface area contributed by atoms with Crippen LogP contribution in [0.15, 0.2) is 24.3 Å². The SMILES string of the molecule is Cc1cccc(C(=O)NC2CCN(C#N)CC2)c1. The molecule has 94 valence electrons. The predicted molar refractivity (Wildman–Crippen MR) is 68.9 cm³/mol. The highest BCUT2D eigenvalue weighted by Crippen LogP contribution is 2.11. The number of nitrogens with one attached hydrogen (secondary N) is 1. The van der Waals surface area contributed by atoms with E-state index in [0.29, 0.717) is 5.56 Å². The Morgan fingerprint density at radius 1 is 1.44 bits per heavy atom. The van der Waals surface area contributed by atoms with Crippen LogP contribution in [0.5, 0.6) is 0 Å². The minimum atomic E-state index is -0.0193. The van der Waals surface area contributed by atoms with Crippen LogP contribution in [0.3, 0.4) is 0 Å². The van der Waals surface area contributed by atoms with E-state index < -0.39 is 0 Å². The number of aryl methyl sites for hydroxylation is 1. The summed E-state index contributed by atoms with van der Waals surface area (Å²) in [7, 11) is 0. The number of nitrogens with zero attached hydrogens (tertiary/aromatic N) is 2. The van der Waals surface area contributed by atoms with Crippen molar-refractivity contribution in [1.82, 2.24) is 10.2 Å². The molecule has 0 saturated carbocycles. The largest absolute Gasteiger partial charge is 0.349 e. The van der Waals surface area contributed by atoms with Gasteiger partial charge in [0.25, 0.3) is 5.91 Å². The number of piperidine rings is 1. The van der Waals surface area contributed by atoms with E-state index in [4.69, 9.17) is 5.26 Å². The van der Waals surface area contributed by atoms with Crippen molar-refractivity contribution >= 4 is 5.91 Å². The van der Waals surface area contributed by atoms with Gasteiger partial charge < -0.3 is 10.2 Å². The Morgan fingerprint density at radius 2 is 2.17 bits per heavy atom. The summed E-state index contributed by atoms with van der Waals surface area (Å²) in [6, 6.07) is 7.76. The van der Waals surface area contributed by atoms with Gasteiger partial charge in [-0.2, -0.15) is 5.26 Å². The molecule has 0 aliphatic carbocycles. The summed E-state index contributed by atoms with van der Waals surface area (Å²) < 4.78 is 0. The first-order valence-corrected chi connectivity index (χ1v) is 6.21. The second kappa shape index (κ2) is 5.54. The molecule has 1 aromatic carbocycles. The van der Waals surface area contributed by atoms with Crippen molar-refractivity contribution in [3.63, 3.8) is 0 Å². The van der Waals surface area contributed by atoms with E-state index >= 15 is 0 Å². The second-order valence-corrected chi connectivity index (χ2v) is 4.70. The molecule has 1 aliphatic heterocycles. The van der Waals surface area contributed by atoms with Gasteiger partial charge in [-0.15, -0.1) is 0 Å². The molecule has 4 nitrogen and oxygen atoms in total. The molecule has 4 heteroatoms. The quantitative estimate of drug-likeness (QED) is 0.804. The van der Waals surface area contributed by atoms with Gasteiger partial charge in [-0.3, -0.25) is 4.79 Å². The summed E-state index contributed by atoms with van der Waals surface area (Å²) in [5.74, 6) is -0.0193. The molecule has 18 heavy (non-hydrogen) atoms. The van der Waals surface area contributed by atoms with Gasteiger partial charge >= 0.3 is 0 Å². The number of hydrogen-bond donors (Lipinski definition) is 1. The number of carbonyl (C=O) groups excluding carboxylic acids is 1. The third-order valence-electron chi connectivity index (χ3n) is 3.25. The second-order valence-electron chi connectivity index (χ2n) is 4.70. The first-order valence-electron chi connectivity index (χ1n) is 6.21. The number of hydrogen-bond acceptors (Lipinski definition) is 3. The summed E-state index contributed by atoms with van der Waals surface area (Å²) in [5.41, 5.74) is 1.79. The standard InChI is InChI=1S/C14H17N3O/c1-11-3-2-4-12(9-11)14(18)16-13-5-7-17(10-15)8-6-13/h2-4,9,13H,5-8H2,1H3,(H,16,18). The van der Waals surface area contributed by atoms with E-state index in [-0.39, 0.29) is 11.9 Å². The van der Waals surface area contributed by atoms with Gasteiger partial charge in [0.15, 0.2) is 6.19 Å². The van der Waals surface area contributed by atoms with Crippen molar-refractivity contribution in [3.05, 3.63) is 35.4 Å². The Kier molecular flexibility index (Phi) is 3.83. The number of amides is 1. The Labute approximate surface area is 107 Å². The zero-order chi connectivity index (χ0) is 13.0. The van der Waals surface area contributed by atoms with Crippen molar-refractivity contribution in [1.29, 1.82) is 5.26 Å². The molecule has 0 atom stereocenters. The Bertz CT molecular complexity index is 470. The monoisotopic (exact) mass is 243 g/mol. The normalized spacial score (nSPS) is 16.1. The molecule has 1 N–H and O–H groups in total. The molecule has 1 heterocycles. The Morgan fingerprint density at radius 3 is 2.78 bits per heavy atom. The first kappa shape index (κ1) is 12.4. The van der Waals surface area contributed by atoms with Crippen LogP contribution in [0.4, 0.5) is 0 Å². The van der Waals surface area contributed by atoms with Gasteiger partial charge in [-0.05, 0) is 31.9 Å². The van der Waals surface area contributed by atoms with Gasteiger partial charge in [-0.1, -0.05) is 17.7 Å². The number of rotatable bonds is 2. The highest BCUT2D eigenvalue weighted by Gasteiger charge is 2.20. The number of likely N-dealkylation sites (tertiary alicyclic amines) is 1. The fourth-order valence-corrected chi connectivity index (χ4v) is 2.18. The van der Waals surface area contributed by atoms with E-state index in [2.05, 4.69) is 11.5 Å². The summed E-state index contributed by atoms with van der Waals surface area (Å²) in [6.07, 6.45) is 3.81. The fourth-order valence-electron chi connectivity index (χ4n) is 2.18. The molecular weight excluding hydrogens is 226 g/mol. The van der Waals surface area contributed by atoms with E-state index in [0.717, 1.165) is 31.5 Å². The maximum absolute atomic E-state index is 12.0. The topological polar surface area (TPSA) is 56.1 Å². The predicted octanol–water partition coefficient (Wildman–Crippen LogP) is 1.67. The van der Waals surface area contributed by atoms with Crippen LogP contribution in [0.2, 0.25) is 0 Å². The van der Waals surface area contributed by atoms with Crippen LogP contribution >= 0.6 is 0 Å². The van der Waals surface area contributed by atoms with E-state index in [9.17, 15) is 4.79 Å². The third-order valence-corrected chi connectivity index (χ3v) is 3.25. The van der Waals surface area contributed by atoms with Crippen molar-refractivity contribution < 1.29 is 4.79 Å². The molecule has 0 radical (unpaired) electrons. The maximum atomic E-state index is 12.0. The average Bonchev–Trinajstić information content (AvgIpc) is 2.39. The zero-order valence-electron chi connectivity index (χ0n) is 10.5. The minimum absolute atomic E-state index is 0.0193. The minimum Gasteiger partial charge on any atom is -0.349 e. The molecule has 2 rings (SSSR count). The van der Waals surface area contributed by atoms with Gasteiger partial charge in [0.2, 0.25) is 0 Å². The van der Waals surface area contributed by atoms with E-state index in [1.54, 1.807) is 4.90 Å². The van der Waals surface area contributed by atoms with Crippen LogP contribution in [0, 0.1) is 18.4 Å². The number of nitriles is 1. The van der Waals surface area contributed by atoms with Gasteiger partial charge in [0.1, 0.15) is 0 Å². The molecule has 1 aliphatic rings. The number of benzene rings is 1. The molecule has 1 amide bonds. The van der Waals surface area contributed by atoms with E-state index in [1.165, 1.54) is 0 Å². The summed E-state index contributed by atoms with van der Waals surface area (Å²) in [4.78, 5) is 13.8. The summed E-state index contributed by atoms with van der Waals surface area (Å²) >= 11 is 0. The number of carbonyl (C=O) groups is 1. The van der Waals surface area contributed by atoms with E-state index in [1.807, 2.05) is 31.2 Å². The van der Waals surface area contributed by atoms with Crippen molar-refractivity contribution in [2.24, 2.45) is 0 Å².